The lowest BCUT2D eigenvalue weighted by atomic mass is 9.99. The molecular formula is C22H31N5O5. The Bertz CT molecular complexity index is 971. The van der Waals surface area contributed by atoms with Crippen LogP contribution in [0.5, 0.6) is 0 Å². The van der Waals surface area contributed by atoms with E-state index in [9.17, 15) is 24.3 Å². The average molecular weight is 446 g/mol. The van der Waals surface area contributed by atoms with Crippen LogP contribution in [0.4, 0.5) is 0 Å². The fourth-order valence-electron chi connectivity index (χ4n) is 3.23. The molecule has 174 valence electrons. The Morgan fingerprint density at radius 3 is 2.41 bits per heavy atom. The molecular weight excluding hydrogens is 414 g/mol. The lowest BCUT2D eigenvalue weighted by molar-refractivity contribution is -0.143. The number of amides is 3. The molecule has 0 spiro atoms. The van der Waals surface area contributed by atoms with E-state index in [1.165, 1.54) is 6.92 Å². The Kier molecular flexibility index (Phi) is 8.77. The molecule has 0 saturated carbocycles. The Balaban J connectivity index is 2.08. The van der Waals surface area contributed by atoms with Crippen LogP contribution < -0.4 is 21.7 Å². The summed E-state index contributed by atoms with van der Waals surface area (Å²) < 4.78 is 0. The number of fused-ring (bicyclic) bond motifs is 1. The molecule has 0 fully saturated rings. The summed E-state index contributed by atoms with van der Waals surface area (Å²) in [6.07, 6.45) is 2.51. The summed E-state index contributed by atoms with van der Waals surface area (Å²) in [4.78, 5) is 51.7. The molecule has 1 aromatic carbocycles. The van der Waals surface area contributed by atoms with Crippen molar-refractivity contribution in [2.75, 3.05) is 6.54 Å². The zero-order valence-corrected chi connectivity index (χ0v) is 18.5. The minimum Gasteiger partial charge on any atom is -0.480 e. The van der Waals surface area contributed by atoms with Gasteiger partial charge in [0.1, 0.15) is 12.1 Å². The van der Waals surface area contributed by atoms with Crippen molar-refractivity contribution in [3.8, 4) is 0 Å². The van der Waals surface area contributed by atoms with Crippen molar-refractivity contribution in [2.24, 2.45) is 11.7 Å². The first-order valence-corrected chi connectivity index (χ1v) is 10.5. The van der Waals surface area contributed by atoms with Crippen molar-refractivity contribution in [1.29, 1.82) is 0 Å². The van der Waals surface area contributed by atoms with E-state index in [1.54, 1.807) is 13.1 Å². The number of para-hydroxylation sites is 1. The number of carbonyl (C=O) groups excluding carboxylic acids is 3. The summed E-state index contributed by atoms with van der Waals surface area (Å²) in [6, 6.07) is 4.72. The van der Waals surface area contributed by atoms with Crippen LogP contribution in [0.15, 0.2) is 30.5 Å². The molecule has 4 unspecified atom stereocenters. The summed E-state index contributed by atoms with van der Waals surface area (Å²) in [6.45, 7) is 4.63. The predicted octanol–water partition coefficient (Wildman–Crippen LogP) is 0.274. The van der Waals surface area contributed by atoms with Crippen LogP contribution in [0.2, 0.25) is 0 Å². The maximum absolute atomic E-state index is 12.8. The van der Waals surface area contributed by atoms with Crippen molar-refractivity contribution in [2.45, 2.75) is 51.7 Å². The summed E-state index contributed by atoms with van der Waals surface area (Å²) in [5.41, 5.74) is 7.34. The number of carboxylic acid groups (broad SMARTS) is 1. The van der Waals surface area contributed by atoms with E-state index < -0.39 is 48.4 Å². The van der Waals surface area contributed by atoms with Gasteiger partial charge in [0.25, 0.3) is 0 Å². The number of aliphatic carboxylic acids is 1. The highest BCUT2D eigenvalue weighted by atomic mass is 16.4. The first kappa shape index (κ1) is 24.9. The highest BCUT2D eigenvalue weighted by Crippen LogP contribution is 2.19. The third-order valence-electron chi connectivity index (χ3n) is 5.36. The van der Waals surface area contributed by atoms with Crippen LogP contribution in [-0.4, -0.2) is 58.5 Å². The van der Waals surface area contributed by atoms with E-state index >= 15 is 0 Å². The second kappa shape index (κ2) is 11.3. The third kappa shape index (κ3) is 6.55. The second-order valence-electron chi connectivity index (χ2n) is 7.90. The summed E-state index contributed by atoms with van der Waals surface area (Å²) in [5, 5.41) is 17.7. The predicted molar refractivity (Wildman–Crippen MR) is 120 cm³/mol. The van der Waals surface area contributed by atoms with Crippen LogP contribution >= 0.6 is 0 Å². The number of H-pyrrole nitrogens is 1. The molecule has 0 saturated heterocycles. The summed E-state index contributed by atoms with van der Waals surface area (Å²) in [5.74, 6) is -3.12. The van der Waals surface area contributed by atoms with Gasteiger partial charge in [-0.3, -0.25) is 14.4 Å². The van der Waals surface area contributed by atoms with Gasteiger partial charge in [0.15, 0.2) is 0 Å². The number of nitrogens with one attached hydrogen (secondary N) is 4. The molecule has 0 radical (unpaired) electrons. The number of rotatable bonds is 11. The molecule has 4 atom stereocenters. The molecule has 2 aromatic rings. The number of nitrogens with two attached hydrogens (primary N) is 1. The van der Waals surface area contributed by atoms with Crippen molar-refractivity contribution in [3.63, 3.8) is 0 Å². The SMILES string of the molecule is CCC(C)C(NC(=O)CNC(=O)C(Cc1c[nH]c2ccccc12)NC(=O)C(C)N)C(=O)O. The number of carbonyl (C=O) groups is 4. The minimum atomic E-state index is -1.14. The van der Waals surface area contributed by atoms with Crippen LogP contribution in [0.25, 0.3) is 10.9 Å². The molecule has 7 N–H and O–H groups in total. The van der Waals surface area contributed by atoms with E-state index in [2.05, 4.69) is 20.9 Å². The molecule has 1 aromatic heterocycles. The molecule has 10 nitrogen and oxygen atoms in total. The van der Waals surface area contributed by atoms with Gasteiger partial charge in [0, 0.05) is 23.5 Å². The first-order chi connectivity index (χ1) is 15.1. The summed E-state index contributed by atoms with van der Waals surface area (Å²) >= 11 is 0. The molecule has 2 rings (SSSR count). The Labute approximate surface area is 186 Å². The van der Waals surface area contributed by atoms with Gasteiger partial charge in [0.05, 0.1) is 12.6 Å². The average Bonchev–Trinajstić information content (AvgIpc) is 3.17. The van der Waals surface area contributed by atoms with Crippen molar-refractivity contribution in [3.05, 3.63) is 36.0 Å². The number of hydrogen-bond donors (Lipinski definition) is 6. The smallest absolute Gasteiger partial charge is 0.326 e. The molecule has 1 heterocycles. The van der Waals surface area contributed by atoms with Crippen LogP contribution in [-0.2, 0) is 25.6 Å². The molecule has 3 amide bonds. The van der Waals surface area contributed by atoms with Gasteiger partial charge in [-0.15, -0.1) is 0 Å². The second-order valence-corrected chi connectivity index (χ2v) is 7.90. The maximum atomic E-state index is 12.8. The Morgan fingerprint density at radius 1 is 1.09 bits per heavy atom. The lowest BCUT2D eigenvalue weighted by Gasteiger charge is -2.22. The number of carboxylic acids is 1. The number of aromatic amines is 1. The Hall–Kier alpha value is -3.40. The van der Waals surface area contributed by atoms with Crippen molar-refractivity contribution >= 4 is 34.6 Å². The fourth-order valence-corrected chi connectivity index (χ4v) is 3.23. The topological polar surface area (TPSA) is 166 Å². The largest absolute Gasteiger partial charge is 0.480 e. The molecule has 0 bridgehead atoms. The summed E-state index contributed by atoms with van der Waals surface area (Å²) in [7, 11) is 0. The van der Waals surface area contributed by atoms with Crippen molar-refractivity contribution in [1.82, 2.24) is 20.9 Å². The fraction of sp³-hybridized carbons (Fsp3) is 0.455. The van der Waals surface area contributed by atoms with Crippen molar-refractivity contribution < 1.29 is 24.3 Å². The van der Waals surface area contributed by atoms with Crippen LogP contribution in [0.1, 0.15) is 32.8 Å². The van der Waals surface area contributed by atoms with E-state index in [1.807, 2.05) is 31.2 Å². The standard InChI is InChI=1S/C22H31N5O5/c1-4-12(2)19(22(31)32)27-18(28)11-25-21(30)17(26-20(29)13(3)23)9-14-10-24-16-8-6-5-7-15(14)16/h5-8,10,12-13,17,19,24H,4,9,11,23H2,1-3H3,(H,25,30)(H,26,29)(H,27,28)(H,31,32). The van der Waals surface area contributed by atoms with E-state index in [0.29, 0.717) is 6.42 Å². The zero-order chi connectivity index (χ0) is 23.8. The van der Waals surface area contributed by atoms with Gasteiger partial charge >= 0.3 is 5.97 Å². The van der Waals surface area contributed by atoms with Gasteiger partial charge < -0.3 is 31.8 Å². The van der Waals surface area contributed by atoms with Gasteiger partial charge in [0.2, 0.25) is 17.7 Å². The van der Waals surface area contributed by atoms with E-state index in [4.69, 9.17) is 5.73 Å². The molecule has 0 aliphatic carbocycles. The third-order valence-corrected chi connectivity index (χ3v) is 5.36. The molecule has 32 heavy (non-hydrogen) atoms. The zero-order valence-electron chi connectivity index (χ0n) is 18.5. The van der Waals surface area contributed by atoms with Gasteiger partial charge in [-0.2, -0.15) is 0 Å². The van der Waals surface area contributed by atoms with Gasteiger partial charge in [-0.1, -0.05) is 38.5 Å². The maximum Gasteiger partial charge on any atom is 0.326 e. The monoisotopic (exact) mass is 445 g/mol. The lowest BCUT2D eigenvalue weighted by Crippen LogP contribution is -2.54. The molecule has 0 aliphatic heterocycles. The normalized spacial score (nSPS) is 14.8. The number of hydrogen-bond acceptors (Lipinski definition) is 5. The highest BCUT2D eigenvalue weighted by Gasteiger charge is 2.27. The minimum absolute atomic E-state index is 0.181. The number of aromatic nitrogens is 1. The van der Waals surface area contributed by atoms with E-state index in [-0.39, 0.29) is 12.3 Å². The van der Waals surface area contributed by atoms with Gasteiger partial charge in [-0.25, -0.2) is 4.79 Å². The number of benzene rings is 1. The van der Waals surface area contributed by atoms with Crippen LogP contribution in [0, 0.1) is 5.92 Å². The quantitative estimate of drug-likeness (QED) is 0.290. The Morgan fingerprint density at radius 2 is 1.78 bits per heavy atom. The van der Waals surface area contributed by atoms with Crippen LogP contribution in [0.3, 0.4) is 0 Å². The van der Waals surface area contributed by atoms with E-state index in [0.717, 1.165) is 16.5 Å². The first-order valence-electron chi connectivity index (χ1n) is 10.5. The molecule has 0 aliphatic rings. The van der Waals surface area contributed by atoms with Gasteiger partial charge in [-0.05, 0) is 24.5 Å². The highest BCUT2D eigenvalue weighted by molar-refractivity contribution is 5.93. The molecule has 10 heteroatoms.